The number of alkyl halides is 3. The Morgan fingerprint density at radius 1 is 1.00 bits per heavy atom. The number of rotatable bonds is 4. The topological polar surface area (TPSA) is 55.3 Å². The normalized spacial score (nSPS) is 22.2. The monoisotopic (exact) mass is 439 g/mol. The first kappa shape index (κ1) is 20.5. The van der Waals surface area contributed by atoms with E-state index in [1.807, 2.05) is 41.3 Å². The summed E-state index contributed by atoms with van der Waals surface area (Å²) in [7, 11) is 0. The van der Waals surface area contributed by atoms with Gasteiger partial charge in [0.15, 0.2) is 0 Å². The first-order valence-corrected chi connectivity index (χ1v) is 10.4. The molecule has 1 amide bonds. The molecule has 164 valence electrons. The minimum Gasteiger partial charge on any atom is -0.472 e. The number of carbonyl (C=O) groups is 1. The molecule has 5 nitrogen and oxygen atoms in total. The van der Waals surface area contributed by atoms with E-state index in [9.17, 15) is 18.0 Å². The Morgan fingerprint density at radius 3 is 2.50 bits per heavy atom. The summed E-state index contributed by atoms with van der Waals surface area (Å²) in [6.07, 6.45) is -0.725. The molecule has 1 aliphatic heterocycles. The maximum absolute atomic E-state index is 13.5. The number of hydrogen-bond acceptors (Lipinski definition) is 4. The molecule has 5 rings (SSSR count). The van der Waals surface area contributed by atoms with Gasteiger partial charge >= 0.3 is 6.18 Å². The van der Waals surface area contributed by atoms with Gasteiger partial charge in [0.25, 0.3) is 5.91 Å². The molecule has 0 radical (unpaired) electrons. The Bertz CT molecular complexity index is 1120. The van der Waals surface area contributed by atoms with Gasteiger partial charge in [0.1, 0.15) is 6.10 Å². The quantitative estimate of drug-likeness (QED) is 0.584. The number of halogens is 3. The zero-order valence-electron chi connectivity index (χ0n) is 17.0. The van der Waals surface area contributed by atoms with Crippen LogP contribution in [0.3, 0.4) is 0 Å². The third-order valence-corrected chi connectivity index (χ3v) is 6.12. The summed E-state index contributed by atoms with van der Waals surface area (Å²) in [6.45, 7) is 0.639. The minimum absolute atomic E-state index is 0.0903. The van der Waals surface area contributed by atoms with Crippen LogP contribution in [0.1, 0.15) is 28.8 Å². The van der Waals surface area contributed by atoms with Gasteiger partial charge in [-0.1, -0.05) is 24.3 Å². The number of piperidine rings is 1. The van der Waals surface area contributed by atoms with Gasteiger partial charge in [0.2, 0.25) is 5.88 Å². The standard InChI is InChI=1S/C24H20F3N3O2/c25-24(26,27)16-8-9-22(29-13-16)32-21-12-15-11-20(21)30(14-15)23(31)18-6-2-1-5-17(18)19-7-3-4-10-28-19/h1-10,13,15,20-21H,11-12,14H2/t15-,20+,21-/m1/s1. The summed E-state index contributed by atoms with van der Waals surface area (Å²) in [6, 6.07) is 15.0. The fraction of sp³-hybridized carbons (Fsp3) is 0.292. The lowest BCUT2D eigenvalue weighted by molar-refractivity contribution is -0.137. The van der Waals surface area contributed by atoms with Crippen LogP contribution < -0.4 is 4.74 Å². The average Bonchev–Trinajstić information content (AvgIpc) is 3.40. The van der Waals surface area contributed by atoms with Crippen LogP contribution in [0.2, 0.25) is 0 Å². The first-order chi connectivity index (χ1) is 15.4. The summed E-state index contributed by atoms with van der Waals surface area (Å²) in [5.41, 5.74) is 1.25. The van der Waals surface area contributed by atoms with Crippen molar-refractivity contribution in [2.45, 2.75) is 31.2 Å². The van der Waals surface area contributed by atoms with Crippen LogP contribution in [0, 0.1) is 5.92 Å². The van der Waals surface area contributed by atoms with Crippen molar-refractivity contribution in [2.75, 3.05) is 6.54 Å². The molecule has 3 aromatic rings. The third kappa shape index (κ3) is 3.81. The number of carbonyl (C=O) groups excluding carboxylic acids is 1. The van der Waals surface area contributed by atoms with Crippen molar-refractivity contribution < 1.29 is 22.7 Å². The number of hydrogen-bond donors (Lipinski definition) is 0. The van der Waals surface area contributed by atoms with Crippen LogP contribution in [0.5, 0.6) is 5.88 Å². The summed E-state index contributed by atoms with van der Waals surface area (Å²) in [5.74, 6) is 0.342. The second kappa shape index (κ2) is 7.93. The Hall–Kier alpha value is -3.42. The lowest BCUT2D eigenvalue weighted by atomic mass is 10.0. The van der Waals surface area contributed by atoms with E-state index in [-0.39, 0.29) is 23.9 Å². The van der Waals surface area contributed by atoms with E-state index in [2.05, 4.69) is 9.97 Å². The molecule has 0 spiro atoms. The molecule has 1 aliphatic carbocycles. The van der Waals surface area contributed by atoms with Crippen LogP contribution in [0.4, 0.5) is 13.2 Å². The number of amides is 1. The van der Waals surface area contributed by atoms with E-state index in [4.69, 9.17) is 4.74 Å². The van der Waals surface area contributed by atoms with Gasteiger partial charge in [0.05, 0.1) is 17.3 Å². The molecule has 2 aromatic heterocycles. The molecule has 0 N–H and O–H groups in total. The average molecular weight is 439 g/mol. The van der Waals surface area contributed by atoms with E-state index in [0.717, 1.165) is 36.4 Å². The van der Waals surface area contributed by atoms with Crippen LogP contribution in [0.15, 0.2) is 67.0 Å². The van der Waals surface area contributed by atoms with Crippen molar-refractivity contribution in [3.05, 3.63) is 78.1 Å². The van der Waals surface area contributed by atoms with Gasteiger partial charge in [-0.25, -0.2) is 4.98 Å². The number of ether oxygens (including phenoxy) is 1. The predicted octanol–water partition coefficient (Wildman–Crippen LogP) is 4.84. The zero-order chi connectivity index (χ0) is 22.3. The van der Waals surface area contributed by atoms with Crippen molar-refractivity contribution in [2.24, 2.45) is 5.92 Å². The Morgan fingerprint density at radius 2 is 1.81 bits per heavy atom. The second-order valence-corrected chi connectivity index (χ2v) is 8.16. The maximum Gasteiger partial charge on any atom is 0.417 e. The molecule has 1 saturated carbocycles. The fourth-order valence-electron chi connectivity index (χ4n) is 4.67. The van der Waals surface area contributed by atoms with Gasteiger partial charge in [-0.3, -0.25) is 9.78 Å². The van der Waals surface area contributed by atoms with Gasteiger partial charge in [-0.15, -0.1) is 0 Å². The number of likely N-dealkylation sites (tertiary alicyclic amines) is 1. The third-order valence-electron chi connectivity index (χ3n) is 6.12. The smallest absolute Gasteiger partial charge is 0.417 e. The number of aromatic nitrogens is 2. The molecule has 2 fully saturated rings. The lowest BCUT2D eigenvalue weighted by Crippen LogP contribution is -2.47. The van der Waals surface area contributed by atoms with Crippen LogP contribution in [-0.4, -0.2) is 39.5 Å². The minimum atomic E-state index is -4.44. The Labute approximate surface area is 182 Å². The highest BCUT2D eigenvalue weighted by atomic mass is 19.4. The SMILES string of the molecule is O=C(c1ccccc1-c1ccccn1)N1C[C@H]2C[C@@H](Oc3ccc(C(F)(F)F)cn3)[C@@H]1C2. The van der Waals surface area contributed by atoms with E-state index in [1.165, 1.54) is 6.07 Å². The van der Waals surface area contributed by atoms with Gasteiger partial charge in [0, 0.05) is 36.1 Å². The largest absolute Gasteiger partial charge is 0.472 e. The maximum atomic E-state index is 13.5. The van der Waals surface area contributed by atoms with Crippen molar-refractivity contribution in [3.63, 3.8) is 0 Å². The molecule has 2 bridgehead atoms. The molecule has 2 aliphatic rings. The number of benzene rings is 1. The van der Waals surface area contributed by atoms with Gasteiger partial charge < -0.3 is 9.64 Å². The Balaban J connectivity index is 1.35. The predicted molar refractivity (Wildman–Crippen MR) is 111 cm³/mol. The van der Waals surface area contributed by atoms with Crippen LogP contribution >= 0.6 is 0 Å². The highest BCUT2D eigenvalue weighted by Crippen LogP contribution is 2.41. The second-order valence-electron chi connectivity index (χ2n) is 8.16. The highest BCUT2D eigenvalue weighted by molar-refractivity contribution is 6.00. The van der Waals surface area contributed by atoms with E-state index in [1.54, 1.807) is 12.3 Å². The molecule has 3 heterocycles. The summed E-state index contributed by atoms with van der Waals surface area (Å²) in [5, 5.41) is 0. The van der Waals surface area contributed by atoms with Crippen LogP contribution in [0.25, 0.3) is 11.3 Å². The molecule has 3 atom stereocenters. The molecule has 1 saturated heterocycles. The Kier molecular flexibility index (Phi) is 5.07. The molecule has 0 unspecified atom stereocenters. The number of nitrogens with zero attached hydrogens (tertiary/aromatic N) is 3. The van der Waals surface area contributed by atoms with E-state index in [0.29, 0.717) is 18.0 Å². The highest BCUT2D eigenvalue weighted by Gasteiger charge is 2.48. The van der Waals surface area contributed by atoms with E-state index < -0.39 is 11.7 Å². The fourth-order valence-corrected chi connectivity index (χ4v) is 4.67. The molecular formula is C24H20F3N3O2. The van der Waals surface area contributed by atoms with Crippen LogP contribution in [-0.2, 0) is 6.18 Å². The molecule has 32 heavy (non-hydrogen) atoms. The lowest BCUT2D eigenvalue weighted by Gasteiger charge is -2.33. The number of pyridine rings is 2. The molecular weight excluding hydrogens is 419 g/mol. The summed E-state index contributed by atoms with van der Waals surface area (Å²) >= 11 is 0. The van der Waals surface area contributed by atoms with Gasteiger partial charge in [-0.2, -0.15) is 13.2 Å². The zero-order valence-corrected chi connectivity index (χ0v) is 17.0. The summed E-state index contributed by atoms with van der Waals surface area (Å²) < 4.78 is 44.2. The number of fused-ring (bicyclic) bond motifs is 2. The molecule has 8 heteroatoms. The first-order valence-electron chi connectivity index (χ1n) is 10.4. The van der Waals surface area contributed by atoms with Crippen molar-refractivity contribution in [3.8, 4) is 17.1 Å². The van der Waals surface area contributed by atoms with Crippen molar-refractivity contribution >= 4 is 5.91 Å². The summed E-state index contributed by atoms with van der Waals surface area (Å²) in [4.78, 5) is 23.5. The van der Waals surface area contributed by atoms with E-state index >= 15 is 0 Å². The van der Waals surface area contributed by atoms with Crippen molar-refractivity contribution in [1.29, 1.82) is 0 Å². The molecule has 1 aromatic carbocycles. The van der Waals surface area contributed by atoms with Crippen molar-refractivity contribution in [1.82, 2.24) is 14.9 Å². The van der Waals surface area contributed by atoms with Gasteiger partial charge in [-0.05, 0) is 43.0 Å².